The maximum absolute atomic E-state index is 12.0. The Hall–Kier alpha value is -1.28. The molecule has 6 heteroatoms. The summed E-state index contributed by atoms with van der Waals surface area (Å²) in [6.07, 6.45) is 1.99. The van der Waals surface area contributed by atoms with Crippen LogP contribution in [0.5, 0.6) is 0 Å². The molecule has 1 amide bonds. The van der Waals surface area contributed by atoms with E-state index in [1.807, 2.05) is 13.0 Å². The first-order valence-corrected chi connectivity index (χ1v) is 8.02. The fourth-order valence-corrected chi connectivity index (χ4v) is 3.00. The molecular formula is C16H19Cl2N3O. The van der Waals surface area contributed by atoms with E-state index in [0.717, 1.165) is 18.4 Å². The van der Waals surface area contributed by atoms with Gasteiger partial charge in [-0.2, -0.15) is 5.26 Å². The molecule has 0 bridgehead atoms. The molecule has 1 aromatic rings. The minimum absolute atomic E-state index is 0.0928. The van der Waals surface area contributed by atoms with Crippen molar-refractivity contribution in [2.24, 2.45) is 5.92 Å². The third kappa shape index (κ3) is 4.13. The average Bonchev–Trinajstić information content (AvgIpc) is 3.29. The lowest BCUT2D eigenvalue weighted by atomic mass is 9.98. The maximum Gasteiger partial charge on any atom is 0.235 e. The van der Waals surface area contributed by atoms with Crippen LogP contribution in [0.1, 0.15) is 38.3 Å². The summed E-state index contributed by atoms with van der Waals surface area (Å²) in [6, 6.07) is 7.40. The van der Waals surface area contributed by atoms with Crippen molar-refractivity contribution in [3.05, 3.63) is 33.8 Å². The van der Waals surface area contributed by atoms with E-state index in [9.17, 15) is 10.1 Å². The van der Waals surface area contributed by atoms with Gasteiger partial charge < -0.3 is 10.6 Å². The summed E-state index contributed by atoms with van der Waals surface area (Å²) in [5.74, 6) is 0.0810. The highest BCUT2D eigenvalue weighted by atomic mass is 35.5. The maximum atomic E-state index is 12.0. The summed E-state index contributed by atoms with van der Waals surface area (Å²) < 4.78 is 0. The number of amides is 1. The Kier molecular flexibility index (Phi) is 5.33. The van der Waals surface area contributed by atoms with E-state index in [1.165, 1.54) is 0 Å². The number of hydrogen-bond donors (Lipinski definition) is 2. The Bertz CT molecular complexity index is 610. The van der Waals surface area contributed by atoms with E-state index in [4.69, 9.17) is 23.2 Å². The molecule has 0 unspecified atom stereocenters. The normalized spacial score (nSPS) is 18.1. The molecule has 4 nitrogen and oxygen atoms in total. The third-order valence-electron chi connectivity index (χ3n) is 4.02. The summed E-state index contributed by atoms with van der Waals surface area (Å²) in [5.41, 5.74) is 0.115. The van der Waals surface area contributed by atoms with Gasteiger partial charge in [0, 0.05) is 16.1 Å². The Morgan fingerprint density at radius 2 is 2.18 bits per heavy atom. The van der Waals surface area contributed by atoms with E-state index in [1.54, 1.807) is 19.1 Å². The van der Waals surface area contributed by atoms with E-state index >= 15 is 0 Å². The topological polar surface area (TPSA) is 64.9 Å². The number of carbonyl (C=O) groups is 1. The predicted molar refractivity (Wildman–Crippen MR) is 87.8 cm³/mol. The van der Waals surface area contributed by atoms with Crippen LogP contribution >= 0.6 is 23.2 Å². The minimum Gasteiger partial charge on any atom is -0.337 e. The number of benzene rings is 1. The van der Waals surface area contributed by atoms with Crippen LogP contribution in [0.3, 0.4) is 0 Å². The number of halogens is 2. The first-order valence-electron chi connectivity index (χ1n) is 7.26. The fraction of sp³-hybridized carbons (Fsp3) is 0.500. The Balaban J connectivity index is 1.89. The molecule has 0 aliphatic heterocycles. The van der Waals surface area contributed by atoms with Crippen LogP contribution < -0.4 is 10.6 Å². The first-order chi connectivity index (χ1) is 10.4. The molecule has 1 aliphatic carbocycles. The van der Waals surface area contributed by atoms with Crippen molar-refractivity contribution in [1.82, 2.24) is 10.6 Å². The Morgan fingerprint density at radius 1 is 1.50 bits per heavy atom. The molecule has 2 rings (SSSR count). The molecule has 1 aromatic carbocycles. The number of carbonyl (C=O) groups excluding carboxylic acids is 1. The van der Waals surface area contributed by atoms with Crippen LogP contribution in [0.4, 0.5) is 0 Å². The van der Waals surface area contributed by atoms with E-state index in [-0.39, 0.29) is 24.4 Å². The zero-order valence-electron chi connectivity index (χ0n) is 12.6. The van der Waals surface area contributed by atoms with Crippen molar-refractivity contribution >= 4 is 29.1 Å². The number of rotatable bonds is 6. The van der Waals surface area contributed by atoms with Gasteiger partial charge in [-0.05, 0) is 50.3 Å². The molecule has 0 heterocycles. The minimum atomic E-state index is -0.764. The Labute approximate surface area is 140 Å². The van der Waals surface area contributed by atoms with Gasteiger partial charge in [-0.15, -0.1) is 0 Å². The van der Waals surface area contributed by atoms with Crippen LogP contribution in [0.25, 0.3) is 0 Å². The van der Waals surface area contributed by atoms with E-state index in [2.05, 4.69) is 16.7 Å². The molecule has 2 atom stereocenters. The molecular weight excluding hydrogens is 321 g/mol. The lowest BCUT2D eigenvalue weighted by Crippen LogP contribution is -2.49. The van der Waals surface area contributed by atoms with Gasteiger partial charge in [0.1, 0.15) is 5.54 Å². The molecule has 1 fully saturated rings. The molecule has 0 spiro atoms. The lowest BCUT2D eigenvalue weighted by molar-refractivity contribution is -0.121. The van der Waals surface area contributed by atoms with Crippen molar-refractivity contribution in [3.8, 4) is 6.07 Å². The van der Waals surface area contributed by atoms with Gasteiger partial charge in [0.05, 0.1) is 12.6 Å². The van der Waals surface area contributed by atoms with Crippen molar-refractivity contribution < 1.29 is 4.79 Å². The van der Waals surface area contributed by atoms with Gasteiger partial charge in [0.2, 0.25) is 5.91 Å². The highest BCUT2D eigenvalue weighted by molar-refractivity contribution is 6.35. The van der Waals surface area contributed by atoms with Crippen molar-refractivity contribution in [3.63, 3.8) is 0 Å². The van der Waals surface area contributed by atoms with Gasteiger partial charge >= 0.3 is 0 Å². The molecule has 0 saturated heterocycles. The Morgan fingerprint density at radius 3 is 2.73 bits per heavy atom. The number of hydrogen-bond acceptors (Lipinski definition) is 3. The summed E-state index contributed by atoms with van der Waals surface area (Å²) in [7, 11) is 0. The SMILES string of the molecule is C[C@@H](NCC(=O)N[C@](C)(C#N)C1CC1)c1ccc(Cl)cc1Cl. The molecule has 0 aromatic heterocycles. The fourth-order valence-electron chi connectivity index (χ4n) is 2.42. The standard InChI is InChI=1S/C16H19Cl2N3O/c1-10(13-6-5-12(17)7-14(13)18)20-8-15(22)21-16(2,9-19)11-3-4-11/h5-7,10-11,20H,3-4,8H2,1-2H3,(H,21,22)/t10-,16-/m1/s1. The van der Waals surface area contributed by atoms with Crippen LogP contribution in [0.15, 0.2) is 18.2 Å². The van der Waals surface area contributed by atoms with Gasteiger partial charge in [-0.1, -0.05) is 29.3 Å². The molecule has 22 heavy (non-hydrogen) atoms. The molecule has 118 valence electrons. The third-order valence-corrected chi connectivity index (χ3v) is 4.59. The van der Waals surface area contributed by atoms with Gasteiger partial charge in [-0.25, -0.2) is 0 Å². The van der Waals surface area contributed by atoms with Crippen LogP contribution in [0, 0.1) is 17.2 Å². The van der Waals surface area contributed by atoms with Crippen LogP contribution in [-0.4, -0.2) is 18.0 Å². The summed E-state index contributed by atoms with van der Waals surface area (Å²) in [5, 5.41) is 16.3. The van der Waals surface area contributed by atoms with Gasteiger partial charge in [-0.3, -0.25) is 4.79 Å². The number of nitriles is 1. The number of nitrogens with zero attached hydrogens (tertiary/aromatic N) is 1. The second kappa shape index (κ2) is 6.87. The second-order valence-corrected chi connectivity index (χ2v) is 6.75. The van der Waals surface area contributed by atoms with E-state index in [0.29, 0.717) is 10.0 Å². The van der Waals surface area contributed by atoms with Crippen LogP contribution in [0.2, 0.25) is 10.0 Å². The average molecular weight is 340 g/mol. The lowest BCUT2D eigenvalue weighted by Gasteiger charge is -2.23. The smallest absolute Gasteiger partial charge is 0.235 e. The first kappa shape index (κ1) is 17.1. The summed E-state index contributed by atoms with van der Waals surface area (Å²) in [6.45, 7) is 3.83. The highest BCUT2D eigenvalue weighted by Crippen LogP contribution is 2.39. The zero-order valence-corrected chi connectivity index (χ0v) is 14.1. The van der Waals surface area contributed by atoms with Crippen molar-refractivity contribution in [2.45, 2.75) is 38.3 Å². The largest absolute Gasteiger partial charge is 0.337 e. The molecule has 0 radical (unpaired) electrons. The second-order valence-electron chi connectivity index (χ2n) is 5.91. The van der Waals surface area contributed by atoms with E-state index < -0.39 is 5.54 Å². The molecule has 2 N–H and O–H groups in total. The zero-order chi connectivity index (χ0) is 16.3. The van der Waals surface area contributed by atoms with Crippen molar-refractivity contribution in [2.75, 3.05) is 6.54 Å². The number of nitrogens with one attached hydrogen (secondary N) is 2. The van der Waals surface area contributed by atoms with Crippen molar-refractivity contribution in [1.29, 1.82) is 5.26 Å². The quantitative estimate of drug-likeness (QED) is 0.834. The summed E-state index contributed by atoms with van der Waals surface area (Å²) in [4.78, 5) is 12.0. The van der Waals surface area contributed by atoms with Crippen LogP contribution in [-0.2, 0) is 4.79 Å². The predicted octanol–water partition coefficient (Wildman–Crippen LogP) is 3.45. The molecule has 1 aliphatic rings. The van der Waals surface area contributed by atoms with Gasteiger partial charge in [0.25, 0.3) is 0 Å². The summed E-state index contributed by atoms with van der Waals surface area (Å²) >= 11 is 12.0. The molecule has 1 saturated carbocycles. The highest BCUT2D eigenvalue weighted by Gasteiger charge is 2.42. The monoisotopic (exact) mass is 339 g/mol. The van der Waals surface area contributed by atoms with Gasteiger partial charge in [0.15, 0.2) is 0 Å².